The second-order valence-electron chi connectivity index (χ2n) is 3.98. The normalized spacial score (nSPS) is 15.9. The fraction of sp³-hybridized carbons (Fsp3) is 0.455. The summed E-state index contributed by atoms with van der Waals surface area (Å²) in [5.41, 5.74) is 1.69. The Morgan fingerprint density at radius 1 is 1.53 bits per heavy atom. The number of pyridine rings is 1. The highest BCUT2D eigenvalue weighted by atomic mass is 16.2. The summed E-state index contributed by atoms with van der Waals surface area (Å²) in [6, 6.07) is 2.20. The zero-order valence-corrected chi connectivity index (χ0v) is 9.03. The summed E-state index contributed by atoms with van der Waals surface area (Å²) in [5, 5.41) is 3.15. The predicted molar refractivity (Wildman–Crippen MR) is 57.7 cm³/mol. The lowest BCUT2D eigenvalue weighted by Crippen LogP contribution is -2.57. The molecule has 0 radical (unpaired) electrons. The van der Waals surface area contributed by atoms with Crippen LogP contribution in [-0.2, 0) is 0 Å². The van der Waals surface area contributed by atoms with Gasteiger partial charge in [-0.3, -0.25) is 9.78 Å². The van der Waals surface area contributed by atoms with Crippen molar-refractivity contribution in [3.63, 3.8) is 0 Å². The summed E-state index contributed by atoms with van der Waals surface area (Å²) in [5.74, 6) is 0.0534. The van der Waals surface area contributed by atoms with E-state index in [2.05, 4.69) is 10.3 Å². The van der Waals surface area contributed by atoms with Crippen molar-refractivity contribution in [3.05, 3.63) is 29.6 Å². The zero-order chi connectivity index (χ0) is 10.8. The highest BCUT2D eigenvalue weighted by Crippen LogP contribution is 2.09. The highest BCUT2D eigenvalue weighted by Gasteiger charge is 2.25. The first-order chi connectivity index (χ1) is 7.18. The number of hydrogen-bond acceptors (Lipinski definition) is 3. The van der Waals surface area contributed by atoms with Gasteiger partial charge in [0.1, 0.15) is 0 Å². The number of likely N-dealkylation sites (N-methyl/N-ethyl adjacent to an activating group) is 1. The molecule has 0 aliphatic carbocycles. The molecule has 15 heavy (non-hydrogen) atoms. The first kappa shape index (κ1) is 10.1. The van der Waals surface area contributed by atoms with Gasteiger partial charge in [-0.1, -0.05) is 0 Å². The van der Waals surface area contributed by atoms with Crippen LogP contribution >= 0.6 is 0 Å². The Morgan fingerprint density at radius 3 is 2.80 bits per heavy atom. The van der Waals surface area contributed by atoms with E-state index >= 15 is 0 Å². The van der Waals surface area contributed by atoms with Crippen molar-refractivity contribution in [3.8, 4) is 0 Å². The lowest BCUT2D eigenvalue weighted by atomic mass is 10.1. The van der Waals surface area contributed by atoms with Crippen LogP contribution in [0.1, 0.15) is 15.9 Å². The first-order valence-corrected chi connectivity index (χ1v) is 5.08. The zero-order valence-electron chi connectivity index (χ0n) is 9.03. The maximum atomic E-state index is 12.0. The molecule has 4 heteroatoms. The molecule has 80 valence electrons. The lowest BCUT2D eigenvalue weighted by Gasteiger charge is -2.35. The maximum absolute atomic E-state index is 12.0. The molecule has 1 saturated heterocycles. The third-order valence-electron chi connectivity index (χ3n) is 2.75. The van der Waals surface area contributed by atoms with Crippen molar-refractivity contribution in [2.45, 2.75) is 13.0 Å². The monoisotopic (exact) mass is 205 g/mol. The number of carbonyl (C=O) groups excluding carboxylic acids is 1. The highest BCUT2D eigenvalue weighted by molar-refractivity contribution is 5.94. The van der Waals surface area contributed by atoms with E-state index in [1.165, 1.54) is 0 Å². The van der Waals surface area contributed by atoms with Crippen molar-refractivity contribution in [2.24, 2.45) is 0 Å². The number of hydrogen-bond donors (Lipinski definition) is 1. The molecule has 0 bridgehead atoms. The van der Waals surface area contributed by atoms with Gasteiger partial charge >= 0.3 is 0 Å². The lowest BCUT2D eigenvalue weighted by molar-refractivity contribution is 0.0680. The largest absolute Gasteiger partial charge is 0.336 e. The molecule has 0 unspecified atom stereocenters. The van der Waals surface area contributed by atoms with E-state index in [1.54, 1.807) is 17.3 Å². The summed E-state index contributed by atoms with van der Waals surface area (Å²) < 4.78 is 0. The van der Waals surface area contributed by atoms with Crippen LogP contribution < -0.4 is 5.32 Å². The minimum absolute atomic E-state index is 0.0534. The molecule has 2 heterocycles. The van der Waals surface area contributed by atoms with Crippen LogP contribution in [0.3, 0.4) is 0 Å². The molecule has 0 spiro atoms. The van der Waals surface area contributed by atoms with Gasteiger partial charge in [-0.05, 0) is 18.6 Å². The Bertz CT molecular complexity index is 374. The van der Waals surface area contributed by atoms with Crippen molar-refractivity contribution < 1.29 is 4.79 Å². The predicted octanol–water partition coefficient (Wildman–Crippen LogP) is 0.434. The number of aromatic nitrogens is 1. The van der Waals surface area contributed by atoms with Crippen molar-refractivity contribution in [2.75, 3.05) is 20.1 Å². The van der Waals surface area contributed by atoms with Gasteiger partial charge in [0.25, 0.3) is 5.91 Å². The summed E-state index contributed by atoms with van der Waals surface area (Å²) in [6.45, 7) is 3.72. The van der Waals surface area contributed by atoms with Crippen LogP contribution in [0.25, 0.3) is 0 Å². The van der Waals surface area contributed by atoms with E-state index in [-0.39, 0.29) is 5.91 Å². The molecule has 1 aliphatic heterocycles. The molecule has 4 nitrogen and oxygen atoms in total. The number of aryl methyl sites for hydroxylation is 1. The molecule has 1 N–H and O–H groups in total. The van der Waals surface area contributed by atoms with E-state index in [0.29, 0.717) is 11.6 Å². The molecule has 1 amide bonds. The molecule has 0 atom stereocenters. The van der Waals surface area contributed by atoms with Crippen LogP contribution in [0, 0.1) is 6.92 Å². The second kappa shape index (κ2) is 3.98. The Labute approximate surface area is 89.3 Å². The van der Waals surface area contributed by atoms with Crippen LogP contribution in [-0.4, -0.2) is 42.0 Å². The van der Waals surface area contributed by atoms with E-state index in [4.69, 9.17) is 0 Å². The smallest absolute Gasteiger partial charge is 0.255 e. The van der Waals surface area contributed by atoms with Crippen LogP contribution in [0.2, 0.25) is 0 Å². The summed E-state index contributed by atoms with van der Waals surface area (Å²) >= 11 is 0. The molecule has 1 fully saturated rings. The fourth-order valence-corrected chi connectivity index (χ4v) is 1.59. The summed E-state index contributed by atoms with van der Waals surface area (Å²) in [6.07, 6.45) is 3.37. The molecule has 1 aromatic heterocycles. The average Bonchev–Trinajstić information content (AvgIpc) is 2.14. The topological polar surface area (TPSA) is 45.2 Å². The Morgan fingerprint density at radius 2 is 2.27 bits per heavy atom. The van der Waals surface area contributed by atoms with Gasteiger partial charge in [0.15, 0.2) is 0 Å². The van der Waals surface area contributed by atoms with Gasteiger partial charge in [-0.25, -0.2) is 0 Å². The fourth-order valence-electron chi connectivity index (χ4n) is 1.59. The quantitative estimate of drug-likeness (QED) is 0.761. The summed E-state index contributed by atoms with van der Waals surface area (Å²) in [4.78, 5) is 17.8. The van der Waals surface area contributed by atoms with E-state index in [9.17, 15) is 4.79 Å². The van der Waals surface area contributed by atoms with Gasteiger partial charge in [0.2, 0.25) is 0 Å². The van der Waals surface area contributed by atoms with Crippen LogP contribution in [0.15, 0.2) is 18.5 Å². The molecule has 1 aliphatic rings. The third kappa shape index (κ3) is 1.99. The molecule has 1 aromatic rings. The molecule has 0 aromatic carbocycles. The molecule has 2 rings (SSSR count). The Balaban J connectivity index is 2.12. The number of nitrogens with one attached hydrogen (secondary N) is 1. The van der Waals surface area contributed by atoms with Gasteiger partial charge in [-0.2, -0.15) is 0 Å². The average molecular weight is 205 g/mol. The van der Waals surface area contributed by atoms with Crippen LogP contribution in [0.4, 0.5) is 0 Å². The molecular weight excluding hydrogens is 190 g/mol. The number of rotatable bonds is 2. The van der Waals surface area contributed by atoms with Gasteiger partial charge < -0.3 is 10.2 Å². The van der Waals surface area contributed by atoms with Crippen LogP contribution in [0.5, 0.6) is 0 Å². The first-order valence-electron chi connectivity index (χ1n) is 5.08. The number of carbonyl (C=O) groups is 1. The minimum Gasteiger partial charge on any atom is -0.336 e. The molecular formula is C11H15N3O. The van der Waals surface area contributed by atoms with E-state index in [1.807, 2.05) is 20.0 Å². The third-order valence-corrected chi connectivity index (χ3v) is 2.75. The molecule has 0 saturated carbocycles. The Kier molecular flexibility index (Phi) is 2.68. The second-order valence-corrected chi connectivity index (χ2v) is 3.98. The van der Waals surface area contributed by atoms with E-state index < -0.39 is 0 Å². The standard InChI is InChI=1S/C11H15N3O/c1-8-3-9(5-12-4-8)11(15)14(2)10-6-13-7-10/h3-5,10,13H,6-7H2,1-2H3. The van der Waals surface area contributed by atoms with E-state index in [0.717, 1.165) is 18.7 Å². The number of nitrogens with zero attached hydrogens (tertiary/aromatic N) is 2. The summed E-state index contributed by atoms with van der Waals surface area (Å²) in [7, 11) is 1.84. The maximum Gasteiger partial charge on any atom is 0.255 e. The van der Waals surface area contributed by atoms with Gasteiger partial charge in [0.05, 0.1) is 11.6 Å². The number of amides is 1. The van der Waals surface area contributed by atoms with Crippen molar-refractivity contribution in [1.82, 2.24) is 15.2 Å². The van der Waals surface area contributed by atoms with Gasteiger partial charge in [-0.15, -0.1) is 0 Å². The SMILES string of the molecule is Cc1cncc(C(=O)N(C)C2CNC2)c1. The van der Waals surface area contributed by atoms with Crippen molar-refractivity contribution in [1.29, 1.82) is 0 Å². The van der Waals surface area contributed by atoms with Crippen molar-refractivity contribution >= 4 is 5.91 Å². The Hall–Kier alpha value is -1.42. The van der Waals surface area contributed by atoms with Gasteiger partial charge in [0, 0.05) is 32.5 Å². The minimum atomic E-state index is 0.0534.